The summed E-state index contributed by atoms with van der Waals surface area (Å²) < 4.78 is 5.98. The Hall–Kier alpha value is -2.82. The molecule has 5 heteroatoms. The van der Waals surface area contributed by atoms with Gasteiger partial charge in [-0.2, -0.15) is 0 Å². The van der Waals surface area contributed by atoms with Gasteiger partial charge in [0, 0.05) is 12.1 Å². The largest absolute Gasteiger partial charge is 0.489 e. The number of hydrogen-bond donors (Lipinski definition) is 1. The van der Waals surface area contributed by atoms with Crippen LogP contribution in [0.1, 0.15) is 29.2 Å². The van der Waals surface area contributed by atoms with Gasteiger partial charge >= 0.3 is 0 Å². The lowest BCUT2D eigenvalue weighted by atomic mass is 10.0. The Kier molecular flexibility index (Phi) is 6.57. The normalized spacial score (nSPS) is 11.1. The van der Waals surface area contributed by atoms with Gasteiger partial charge in [-0.25, -0.2) is 0 Å². The lowest BCUT2D eigenvalue weighted by Gasteiger charge is -2.14. The minimum Gasteiger partial charge on any atom is -0.489 e. The van der Waals surface area contributed by atoms with E-state index < -0.39 is 0 Å². The second-order valence-corrected chi connectivity index (χ2v) is 5.70. The predicted octanol–water partition coefficient (Wildman–Crippen LogP) is 3.37. The molecule has 0 aliphatic heterocycles. The summed E-state index contributed by atoms with van der Waals surface area (Å²) in [5, 5.41) is 6.67. The molecule has 25 heavy (non-hydrogen) atoms. The molecule has 0 aromatic heterocycles. The molecule has 0 atom stereocenters. The zero-order valence-electron chi connectivity index (χ0n) is 15.1. The summed E-state index contributed by atoms with van der Waals surface area (Å²) in [5.74, 6) is 0.557. The maximum absolute atomic E-state index is 12.3. The first kappa shape index (κ1) is 18.5. The lowest BCUT2D eigenvalue weighted by molar-refractivity contribution is -0.114. The summed E-state index contributed by atoms with van der Waals surface area (Å²) in [6.07, 6.45) is 0. The van der Waals surface area contributed by atoms with E-state index in [0.29, 0.717) is 18.7 Å². The van der Waals surface area contributed by atoms with Crippen LogP contribution in [0.2, 0.25) is 0 Å². The number of amides is 1. The van der Waals surface area contributed by atoms with E-state index in [9.17, 15) is 4.79 Å². The first-order chi connectivity index (χ1) is 12.1. The molecule has 2 rings (SSSR count). The number of carbonyl (C=O) groups excluding carboxylic acids is 1. The molecule has 1 N–H and O–H groups in total. The van der Waals surface area contributed by atoms with Crippen LogP contribution in [0.3, 0.4) is 0 Å². The van der Waals surface area contributed by atoms with Crippen LogP contribution in [0.15, 0.2) is 47.6 Å². The fraction of sp³-hybridized carbons (Fsp3) is 0.300. The molecule has 0 aliphatic rings. The molecule has 0 saturated heterocycles. The zero-order chi connectivity index (χ0) is 18.2. The number of hydrogen-bond acceptors (Lipinski definition) is 4. The third-order valence-electron chi connectivity index (χ3n) is 3.73. The van der Waals surface area contributed by atoms with Crippen molar-refractivity contribution in [2.75, 3.05) is 13.7 Å². The molecule has 2 aromatic carbocycles. The Labute approximate surface area is 148 Å². The van der Waals surface area contributed by atoms with Crippen molar-refractivity contribution in [1.82, 2.24) is 5.32 Å². The van der Waals surface area contributed by atoms with Gasteiger partial charge in [0.2, 0.25) is 0 Å². The molecule has 132 valence electrons. The van der Waals surface area contributed by atoms with Crippen molar-refractivity contribution in [2.24, 2.45) is 5.16 Å². The highest BCUT2D eigenvalue weighted by Crippen LogP contribution is 2.21. The molecular weight excluding hydrogens is 316 g/mol. The van der Waals surface area contributed by atoms with E-state index in [2.05, 4.69) is 16.5 Å². The summed E-state index contributed by atoms with van der Waals surface area (Å²) in [7, 11) is 1.43. The predicted molar refractivity (Wildman–Crippen MR) is 98.9 cm³/mol. The molecule has 0 aliphatic carbocycles. The number of benzene rings is 2. The average Bonchev–Trinajstić information content (AvgIpc) is 2.61. The van der Waals surface area contributed by atoms with Crippen LogP contribution >= 0.6 is 0 Å². The molecule has 2 aromatic rings. The topological polar surface area (TPSA) is 59.9 Å². The van der Waals surface area contributed by atoms with Crippen LogP contribution in [0, 0.1) is 13.8 Å². The molecular formula is C20H24N2O3. The van der Waals surface area contributed by atoms with Crippen LogP contribution in [0.4, 0.5) is 0 Å². The van der Waals surface area contributed by atoms with Crippen LogP contribution < -0.4 is 10.1 Å². The number of nitrogens with zero attached hydrogens (tertiary/aromatic N) is 1. The van der Waals surface area contributed by atoms with Crippen LogP contribution in [-0.4, -0.2) is 25.3 Å². The second kappa shape index (κ2) is 8.87. The van der Waals surface area contributed by atoms with Gasteiger partial charge in [-0.05, 0) is 43.5 Å². The van der Waals surface area contributed by atoms with E-state index in [1.165, 1.54) is 7.11 Å². The van der Waals surface area contributed by atoms with Gasteiger partial charge in [0.1, 0.15) is 19.5 Å². The first-order valence-electron chi connectivity index (χ1n) is 8.24. The number of likely N-dealkylation sites (N-methyl/N-ethyl adjacent to an activating group) is 1. The number of ether oxygens (including phenoxy) is 1. The third kappa shape index (κ3) is 4.83. The summed E-state index contributed by atoms with van der Waals surface area (Å²) in [6, 6.07) is 13.6. The maximum Gasteiger partial charge on any atom is 0.273 e. The fourth-order valence-electron chi connectivity index (χ4n) is 2.44. The molecule has 0 spiro atoms. The second-order valence-electron chi connectivity index (χ2n) is 5.70. The van der Waals surface area contributed by atoms with E-state index in [1.54, 1.807) is 0 Å². The standard InChI is InChI=1S/C20H24N2O3/c1-5-21-20(23)19(22-24-4)17-9-7-6-8-16(17)13-25-18-12-14(2)10-11-15(18)3/h6-12H,5,13H2,1-4H3,(H,21,23). The number of rotatable bonds is 7. The highest BCUT2D eigenvalue weighted by atomic mass is 16.6. The maximum atomic E-state index is 12.3. The van der Waals surface area contributed by atoms with E-state index in [4.69, 9.17) is 9.57 Å². The molecule has 0 fully saturated rings. The Morgan fingerprint density at radius 1 is 1.16 bits per heavy atom. The molecule has 5 nitrogen and oxygen atoms in total. The Bertz CT molecular complexity index is 769. The van der Waals surface area contributed by atoms with E-state index in [0.717, 1.165) is 22.4 Å². The molecule has 0 unspecified atom stereocenters. The van der Waals surface area contributed by atoms with Gasteiger partial charge in [-0.15, -0.1) is 0 Å². The third-order valence-corrected chi connectivity index (χ3v) is 3.73. The monoisotopic (exact) mass is 340 g/mol. The van der Waals surface area contributed by atoms with Crippen molar-refractivity contribution in [2.45, 2.75) is 27.4 Å². The summed E-state index contributed by atoms with van der Waals surface area (Å²) in [4.78, 5) is 17.2. The van der Waals surface area contributed by atoms with E-state index >= 15 is 0 Å². The molecule has 1 amide bonds. The van der Waals surface area contributed by atoms with Gasteiger partial charge in [0.25, 0.3) is 5.91 Å². The van der Waals surface area contributed by atoms with Gasteiger partial charge in [-0.1, -0.05) is 41.6 Å². The average molecular weight is 340 g/mol. The number of carbonyl (C=O) groups is 1. The summed E-state index contributed by atoms with van der Waals surface area (Å²) in [5.41, 5.74) is 4.01. The van der Waals surface area contributed by atoms with Crippen molar-refractivity contribution in [3.05, 3.63) is 64.7 Å². The van der Waals surface area contributed by atoms with Crippen LogP contribution in [0.5, 0.6) is 5.75 Å². The Morgan fingerprint density at radius 3 is 2.64 bits per heavy atom. The Morgan fingerprint density at radius 2 is 1.92 bits per heavy atom. The van der Waals surface area contributed by atoms with Crippen molar-refractivity contribution in [1.29, 1.82) is 0 Å². The van der Waals surface area contributed by atoms with Crippen molar-refractivity contribution in [3.63, 3.8) is 0 Å². The number of oxime groups is 1. The zero-order valence-corrected chi connectivity index (χ0v) is 15.1. The van der Waals surface area contributed by atoms with Crippen LogP contribution in [-0.2, 0) is 16.2 Å². The van der Waals surface area contributed by atoms with Gasteiger partial charge in [-0.3, -0.25) is 4.79 Å². The minimum atomic E-state index is -0.275. The van der Waals surface area contributed by atoms with E-state index in [-0.39, 0.29) is 11.6 Å². The number of aryl methyl sites for hydroxylation is 2. The van der Waals surface area contributed by atoms with Crippen LogP contribution in [0.25, 0.3) is 0 Å². The SMILES string of the molecule is CCNC(=O)C(=NOC)c1ccccc1COc1cc(C)ccc1C. The van der Waals surface area contributed by atoms with Crippen molar-refractivity contribution in [3.8, 4) is 5.75 Å². The van der Waals surface area contributed by atoms with E-state index in [1.807, 2.05) is 57.2 Å². The fourth-order valence-corrected chi connectivity index (χ4v) is 2.44. The smallest absolute Gasteiger partial charge is 0.273 e. The molecule has 0 saturated carbocycles. The highest BCUT2D eigenvalue weighted by molar-refractivity contribution is 6.45. The van der Waals surface area contributed by atoms with Crippen molar-refractivity contribution < 1.29 is 14.4 Å². The van der Waals surface area contributed by atoms with Gasteiger partial charge < -0.3 is 14.9 Å². The number of nitrogens with one attached hydrogen (secondary N) is 1. The summed E-state index contributed by atoms with van der Waals surface area (Å²) >= 11 is 0. The quantitative estimate of drug-likeness (QED) is 0.621. The summed E-state index contributed by atoms with van der Waals surface area (Å²) in [6.45, 7) is 6.75. The molecule has 0 heterocycles. The molecule has 0 bridgehead atoms. The van der Waals surface area contributed by atoms with Crippen molar-refractivity contribution >= 4 is 11.6 Å². The molecule has 0 radical (unpaired) electrons. The highest BCUT2D eigenvalue weighted by Gasteiger charge is 2.18. The Balaban J connectivity index is 2.29. The lowest BCUT2D eigenvalue weighted by Crippen LogP contribution is -2.32. The minimum absolute atomic E-state index is 0.240. The van der Waals surface area contributed by atoms with Gasteiger partial charge in [0.05, 0.1) is 0 Å². The van der Waals surface area contributed by atoms with Gasteiger partial charge in [0.15, 0.2) is 5.71 Å². The first-order valence-corrected chi connectivity index (χ1v) is 8.24.